The third kappa shape index (κ3) is 11.6. The van der Waals surface area contributed by atoms with Gasteiger partial charge in [0.2, 0.25) is 0 Å². The first-order chi connectivity index (χ1) is 17.6. The molecule has 4 unspecified atom stereocenters. The molecular formula is C33H66O4. The lowest BCUT2D eigenvalue weighted by Gasteiger charge is -2.50. The van der Waals surface area contributed by atoms with E-state index in [1.165, 1.54) is 44.9 Å². The molecule has 0 aromatic heterocycles. The van der Waals surface area contributed by atoms with E-state index in [0.29, 0.717) is 5.92 Å². The molecule has 37 heavy (non-hydrogen) atoms. The van der Waals surface area contributed by atoms with Crippen molar-refractivity contribution >= 4 is 5.97 Å². The number of aliphatic hydroxyl groups excluding tert-OH is 2. The van der Waals surface area contributed by atoms with Gasteiger partial charge < -0.3 is 14.9 Å². The number of aliphatic hydroxyl groups is 2. The Kier molecular flexibility index (Phi) is 20.0. The molecule has 0 saturated carbocycles. The normalized spacial score (nSPS) is 17.1. The topological polar surface area (TPSA) is 66.8 Å². The highest BCUT2D eigenvalue weighted by atomic mass is 16.5. The smallest absolute Gasteiger partial charge is 0.312 e. The summed E-state index contributed by atoms with van der Waals surface area (Å²) in [6.07, 6.45) is 17.3. The molecule has 4 atom stereocenters. The second-order valence-electron chi connectivity index (χ2n) is 12.7. The summed E-state index contributed by atoms with van der Waals surface area (Å²) in [6.45, 7) is 17.4. The summed E-state index contributed by atoms with van der Waals surface area (Å²) in [5.74, 6) is 1.11. The maximum atomic E-state index is 14.5. The average molecular weight is 527 g/mol. The Balaban J connectivity index is 6.60. The first-order valence-electron chi connectivity index (χ1n) is 16.0. The van der Waals surface area contributed by atoms with E-state index in [2.05, 4.69) is 48.5 Å². The van der Waals surface area contributed by atoms with Gasteiger partial charge in [-0.15, -0.1) is 0 Å². The van der Waals surface area contributed by atoms with Crippen molar-refractivity contribution < 1.29 is 19.7 Å². The van der Waals surface area contributed by atoms with Crippen molar-refractivity contribution in [2.24, 2.45) is 34.5 Å². The summed E-state index contributed by atoms with van der Waals surface area (Å²) in [5.41, 5.74) is -1.36. The second kappa shape index (κ2) is 20.3. The Bertz CT molecular complexity index is 543. The molecule has 0 rings (SSSR count). The van der Waals surface area contributed by atoms with Gasteiger partial charge in [0, 0.05) is 5.41 Å². The Hall–Kier alpha value is -0.610. The van der Waals surface area contributed by atoms with Crippen LogP contribution in [0.2, 0.25) is 0 Å². The Labute approximate surface area is 231 Å². The lowest BCUT2D eigenvalue weighted by atomic mass is 9.54. The van der Waals surface area contributed by atoms with Crippen molar-refractivity contribution in [2.75, 3.05) is 19.8 Å². The lowest BCUT2D eigenvalue weighted by molar-refractivity contribution is -0.179. The number of unbranched alkanes of at least 4 members (excludes halogenated alkanes) is 7. The number of carbonyl (C=O) groups excluding carboxylic acids is 1. The average Bonchev–Trinajstić information content (AvgIpc) is 2.91. The lowest BCUT2D eigenvalue weighted by Crippen LogP contribution is -2.53. The highest BCUT2D eigenvalue weighted by Crippen LogP contribution is 2.53. The zero-order valence-electron chi connectivity index (χ0n) is 26.2. The Morgan fingerprint density at radius 2 is 1.14 bits per heavy atom. The van der Waals surface area contributed by atoms with E-state index in [1.54, 1.807) is 6.92 Å². The van der Waals surface area contributed by atoms with Crippen LogP contribution in [0.25, 0.3) is 0 Å². The zero-order chi connectivity index (χ0) is 28.3. The molecule has 0 saturated heterocycles. The molecule has 0 spiro atoms. The highest BCUT2D eigenvalue weighted by Gasteiger charge is 2.55. The molecule has 0 amide bonds. The third-order valence-corrected chi connectivity index (χ3v) is 9.21. The summed E-state index contributed by atoms with van der Waals surface area (Å²) in [5, 5.41) is 19.8. The molecule has 222 valence electrons. The van der Waals surface area contributed by atoms with E-state index in [9.17, 15) is 15.0 Å². The van der Waals surface area contributed by atoms with Gasteiger partial charge in [-0.1, -0.05) is 132 Å². The van der Waals surface area contributed by atoms with Gasteiger partial charge in [-0.3, -0.25) is 4.79 Å². The first-order valence-corrected chi connectivity index (χ1v) is 16.0. The molecule has 4 nitrogen and oxygen atoms in total. The van der Waals surface area contributed by atoms with E-state index in [-0.39, 0.29) is 43.5 Å². The van der Waals surface area contributed by atoms with Crippen LogP contribution >= 0.6 is 0 Å². The van der Waals surface area contributed by atoms with Crippen molar-refractivity contribution in [2.45, 2.75) is 152 Å². The predicted octanol–water partition coefficient (Wildman–Crippen LogP) is 8.96. The standard InChI is InChI=1S/C33H66O4/c1-9-13-17-18-19-23-30(27(5)20-14-10-2)33(28(6)21-15-11-3,29(7)22-16-12-4)31(36)37-26-32(8,24-34)25-35/h27-30,34-35H,9-26H2,1-8H3. The number of hydrogen-bond acceptors (Lipinski definition) is 4. The number of carbonyl (C=O) groups is 1. The van der Waals surface area contributed by atoms with Crippen molar-refractivity contribution in [3.05, 3.63) is 0 Å². The molecule has 0 bridgehead atoms. The second-order valence-corrected chi connectivity index (χ2v) is 12.7. The summed E-state index contributed by atoms with van der Waals surface area (Å²) < 4.78 is 6.18. The third-order valence-electron chi connectivity index (χ3n) is 9.21. The minimum Gasteiger partial charge on any atom is -0.464 e. The fraction of sp³-hybridized carbons (Fsp3) is 0.970. The van der Waals surface area contributed by atoms with E-state index in [1.807, 2.05) is 0 Å². The minimum absolute atomic E-state index is 0.0636. The number of rotatable bonds is 24. The van der Waals surface area contributed by atoms with Crippen molar-refractivity contribution in [1.82, 2.24) is 0 Å². The van der Waals surface area contributed by atoms with Crippen LogP contribution in [-0.4, -0.2) is 36.0 Å². The number of esters is 1. The van der Waals surface area contributed by atoms with Crippen molar-refractivity contribution in [1.29, 1.82) is 0 Å². The minimum atomic E-state index is -0.815. The quantitative estimate of drug-likeness (QED) is 0.0972. The Morgan fingerprint density at radius 3 is 1.59 bits per heavy atom. The molecule has 4 heteroatoms. The van der Waals surface area contributed by atoms with Crippen molar-refractivity contribution in [3.8, 4) is 0 Å². The van der Waals surface area contributed by atoms with Crippen LogP contribution in [0, 0.1) is 34.5 Å². The number of hydrogen-bond donors (Lipinski definition) is 2. The van der Waals surface area contributed by atoms with E-state index in [0.717, 1.165) is 51.4 Å². The summed E-state index contributed by atoms with van der Waals surface area (Å²) in [7, 11) is 0. The fourth-order valence-corrected chi connectivity index (χ4v) is 6.46. The van der Waals surface area contributed by atoms with Crippen LogP contribution < -0.4 is 0 Å². The largest absolute Gasteiger partial charge is 0.464 e. The van der Waals surface area contributed by atoms with Crippen LogP contribution in [-0.2, 0) is 9.53 Å². The Morgan fingerprint density at radius 1 is 0.676 bits per heavy atom. The van der Waals surface area contributed by atoms with Crippen LogP contribution in [0.15, 0.2) is 0 Å². The van der Waals surface area contributed by atoms with Gasteiger partial charge in [0.1, 0.15) is 6.61 Å². The maximum Gasteiger partial charge on any atom is 0.312 e. The summed E-state index contributed by atoms with van der Waals surface area (Å²) in [4.78, 5) is 14.5. The monoisotopic (exact) mass is 526 g/mol. The molecule has 0 heterocycles. The zero-order valence-corrected chi connectivity index (χ0v) is 26.2. The summed E-state index contributed by atoms with van der Waals surface area (Å²) >= 11 is 0. The molecule has 2 N–H and O–H groups in total. The molecular weight excluding hydrogens is 460 g/mol. The fourth-order valence-electron chi connectivity index (χ4n) is 6.46. The van der Waals surface area contributed by atoms with Gasteiger partial charge in [-0.25, -0.2) is 0 Å². The summed E-state index contributed by atoms with van der Waals surface area (Å²) in [6, 6.07) is 0. The molecule has 0 aliphatic heterocycles. The molecule has 0 aromatic carbocycles. The van der Waals surface area contributed by atoms with Gasteiger partial charge in [0.25, 0.3) is 0 Å². The van der Waals surface area contributed by atoms with Crippen molar-refractivity contribution in [3.63, 3.8) is 0 Å². The molecule has 0 aliphatic rings. The van der Waals surface area contributed by atoms with Crippen LogP contribution in [0.1, 0.15) is 152 Å². The SMILES string of the molecule is CCCCCCCC(C(C)CCCC)C(C(=O)OCC(C)(CO)CO)(C(C)CCCC)C(C)CCCC. The van der Waals surface area contributed by atoms with E-state index in [4.69, 9.17) is 4.74 Å². The predicted molar refractivity (Wildman–Crippen MR) is 159 cm³/mol. The highest BCUT2D eigenvalue weighted by molar-refractivity contribution is 5.78. The number of ether oxygens (including phenoxy) is 1. The van der Waals surface area contributed by atoms with Crippen LogP contribution in [0.5, 0.6) is 0 Å². The molecule has 0 aliphatic carbocycles. The van der Waals surface area contributed by atoms with Crippen LogP contribution in [0.3, 0.4) is 0 Å². The first kappa shape index (κ1) is 36.4. The molecule has 0 radical (unpaired) electrons. The van der Waals surface area contributed by atoms with Gasteiger partial charge in [-0.05, 0) is 42.9 Å². The van der Waals surface area contributed by atoms with E-state index >= 15 is 0 Å². The van der Waals surface area contributed by atoms with E-state index < -0.39 is 10.8 Å². The maximum absolute atomic E-state index is 14.5. The molecule has 0 aromatic rings. The van der Waals surface area contributed by atoms with Gasteiger partial charge in [0.05, 0.1) is 18.6 Å². The van der Waals surface area contributed by atoms with Gasteiger partial charge in [-0.2, -0.15) is 0 Å². The molecule has 0 fully saturated rings. The van der Waals surface area contributed by atoms with Gasteiger partial charge in [0.15, 0.2) is 0 Å². The van der Waals surface area contributed by atoms with Gasteiger partial charge >= 0.3 is 5.97 Å². The van der Waals surface area contributed by atoms with Crippen LogP contribution in [0.4, 0.5) is 0 Å².